The lowest BCUT2D eigenvalue weighted by Gasteiger charge is -2.30. The molecule has 0 bridgehead atoms. The summed E-state index contributed by atoms with van der Waals surface area (Å²) in [6.45, 7) is 2.32. The molecule has 1 atom stereocenters. The lowest BCUT2D eigenvalue weighted by Crippen LogP contribution is -2.20. The summed E-state index contributed by atoms with van der Waals surface area (Å²) in [5.41, 5.74) is 2.23. The number of aromatic nitrogens is 1. The number of nitrogens with zero attached hydrogens (tertiary/aromatic N) is 1. The van der Waals surface area contributed by atoms with Crippen LogP contribution in [0.5, 0.6) is 0 Å². The quantitative estimate of drug-likeness (QED) is 0.773. The van der Waals surface area contributed by atoms with E-state index in [1.807, 2.05) is 19.2 Å². The van der Waals surface area contributed by atoms with E-state index >= 15 is 0 Å². The number of fused-ring (bicyclic) bond motifs is 1. The Labute approximate surface area is 141 Å². The van der Waals surface area contributed by atoms with Gasteiger partial charge in [-0.2, -0.15) is 0 Å². The highest BCUT2D eigenvalue weighted by atomic mass is 19.1. The van der Waals surface area contributed by atoms with Gasteiger partial charge in [0.2, 0.25) is 0 Å². The van der Waals surface area contributed by atoms with Gasteiger partial charge in [-0.25, -0.2) is 4.39 Å². The van der Waals surface area contributed by atoms with E-state index in [1.165, 1.54) is 11.6 Å². The minimum atomic E-state index is -0.214. The van der Waals surface area contributed by atoms with E-state index < -0.39 is 0 Å². The average molecular weight is 327 g/mol. The van der Waals surface area contributed by atoms with Gasteiger partial charge in [-0.1, -0.05) is 0 Å². The van der Waals surface area contributed by atoms with Crippen LogP contribution in [0.3, 0.4) is 0 Å². The molecule has 24 heavy (non-hydrogen) atoms. The van der Waals surface area contributed by atoms with Crippen molar-refractivity contribution in [3.63, 3.8) is 0 Å². The van der Waals surface area contributed by atoms with E-state index in [0.717, 1.165) is 43.0 Å². The number of ether oxygens (including phenoxy) is 1. The van der Waals surface area contributed by atoms with E-state index in [-0.39, 0.29) is 23.1 Å². The normalized spacial score (nSPS) is 28.9. The Morgan fingerprint density at radius 1 is 1.33 bits per heavy atom. The summed E-state index contributed by atoms with van der Waals surface area (Å²) in [4.78, 5) is 16.3. The van der Waals surface area contributed by atoms with Gasteiger partial charge in [-0.3, -0.25) is 9.78 Å². The molecule has 2 fully saturated rings. The highest BCUT2D eigenvalue weighted by Gasteiger charge is 2.59. The highest BCUT2D eigenvalue weighted by Crippen LogP contribution is 2.63. The number of carbonyl (C=O) groups excluding carboxylic acids is 1. The smallest absolute Gasteiger partial charge is 0.309 e. The molecule has 2 aromatic rings. The Kier molecular flexibility index (Phi) is 3.78. The number of esters is 1. The summed E-state index contributed by atoms with van der Waals surface area (Å²) >= 11 is 0. The predicted octanol–water partition coefficient (Wildman–Crippen LogP) is 4.60. The summed E-state index contributed by atoms with van der Waals surface area (Å²) in [5, 5.41) is 0.927. The number of hydrogen-bond donors (Lipinski definition) is 0. The molecule has 3 nitrogen and oxygen atoms in total. The molecule has 2 aliphatic rings. The van der Waals surface area contributed by atoms with Crippen molar-refractivity contribution in [2.45, 2.75) is 44.9 Å². The first-order valence-electron chi connectivity index (χ1n) is 8.84. The molecule has 4 heteroatoms. The van der Waals surface area contributed by atoms with Crippen molar-refractivity contribution in [3.8, 4) is 0 Å². The fourth-order valence-corrected chi connectivity index (χ4v) is 4.48. The Morgan fingerprint density at radius 3 is 2.88 bits per heavy atom. The maximum Gasteiger partial charge on any atom is 0.309 e. The topological polar surface area (TPSA) is 39.2 Å². The number of rotatable bonds is 3. The molecule has 0 saturated heterocycles. The van der Waals surface area contributed by atoms with Crippen LogP contribution in [0.2, 0.25) is 0 Å². The molecule has 1 spiro atoms. The van der Waals surface area contributed by atoms with Gasteiger partial charge in [0.05, 0.1) is 18.0 Å². The van der Waals surface area contributed by atoms with Gasteiger partial charge in [0.15, 0.2) is 0 Å². The van der Waals surface area contributed by atoms with Crippen LogP contribution in [0.25, 0.3) is 10.9 Å². The lowest BCUT2D eigenvalue weighted by atomic mass is 9.75. The van der Waals surface area contributed by atoms with Crippen LogP contribution in [0, 0.1) is 17.2 Å². The van der Waals surface area contributed by atoms with E-state index in [2.05, 4.69) is 4.98 Å². The van der Waals surface area contributed by atoms with Gasteiger partial charge in [0.1, 0.15) is 5.82 Å². The van der Waals surface area contributed by atoms with Crippen molar-refractivity contribution < 1.29 is 13.9 Å². The molecule has 0 amide bonds. The van der Waals surface area contributed by atoms with E-state index in [9.17, 15) is 9.18 Å². The summed E-state index contributed by atoms with van der Waals surface area (Å²) in [7, 11) is 0. The SMILES string of the molecule is CCOC(=O)[C@@H]1CC12CCC(c1ccnc3ccc(F)cc13)CC2. The first-order valence-corrected chi connectivity index (χ1v) is 8.84. The number of halogens is 1. The van der Waals surface area contributed by atoms with Crippen LogP contribution in [-0.4, -0.2) is 17.6 Å². The second-order valence-corrected chi connectivity index (χ2v) is 7.21. The molecule has 1 aromatic carbocycles. The molecule has 126 valence electrons. The first kappa shape index (κ1) is 15.6. The largest absolute Gasteiger partial charge is 0.466 e. The van der Waals surface area contributed by atoms with Crippen molar-refractivity contribution in [1.82, 2.24) is 4.98 Å². The van der Waals surface area contributed by atoms with Gasteiger partial charge in [-0.05, 0) is 80.2 Å². The van der Waals surface area contributed by atoms with Gasteiger partial charge in [-0.15, -0.1) is 0 Å². The average Bonchev–Trinajstić information content (AvgIpc) is 3.29. The van der Waals surface area contributed by atoms with E-state index in [1.54, 1.807) is 12.1 Å². The van der Waals surface area contributed by atoms with Gasteiger partial charge >= 0.3 is 5.97 Å². The minimum Gasteiger partial charge on any atom is -0.466 e. The van der Waals surface area contributed by atoms with Crippen molar-refractivity contribution in [3.05, 3.63) is 41.8 Å². The van der Waals surface area contributed by atoms with Crippen LogP contribution in [-0.2, 0) is 9.53 Å². The summed E-state index contributed by atoms with van der Waals surface area (Å²) in [5.74, 6) is 0.289. The maximum atomic E-state index is 13.7. The van der Waals surface area contributed by atoms with E-state index in [4.69, 9.17) is 4.74 Å². The first-order chi connectivity index (χ1) is 11.6. The zero-order valence-corrected chi connectivity index (χ0v) is 13.9. The molecule has 2 aliphatic carbocycles. The third-order valence-corrected chi connectivity index (χ3v) is 5.92. The molecule has 0 aliphatic heterocycles. The third-order valence-electron chi connectivity index (χ3n) is 5.92. The Bertz CT molecular complexity index is 780. The molecule has 4 rings (SSSR count). The minimum absolute atomic E-state index is 0.0209. The number of benzene rings is 1. The Balaban J connectivity index is 1.51. The van der Waals surface area contributed by atoms with E-state index in [0.29, 0.717) is 12.5 Å². The second kappa shape index (κ2) is 5.83. The standard InChI is InChI=1S/C20H22FNO2/c1-2-24-19(23)17-12-20(17)8-5-13(6-9-20)15-7-10-22-18-4-3-14(21)11-16(15)18/h3-4,7,10-11,13,17H,2,5-6,8-9,12H2,1H3/t13?,17-,20?/m0/s1. The summed E-state index contributed by atoms with van der Waals surface area (Å²) < 4.78 is 18.8. The van der Waals surface area contributed by atoms with Crippen LogP contribution < -0.4 is 0 Å². The maximum absolute atomic E-state index is 13.7. The van der Waals surface area contributed by atoms with Crippen molar-refractivity contribution in [2.24, 2.45) is 11.3 Å². The summed E-state index contributed by atoms with van der Waals surface area (Å²) in [6.07, 6.45) is 7.00. The van der Waals surface area contributed by atoms with Crippen LogP contribution in [0.1, 0.15) is 50.5 Å². The Morgan fingerprint density at radius 2 is 2.12 bits per heavy atom. The van der Waals surface area contributed by atoms with Crippen LogP contribution in [0.4, 0.5) is 4.39 Å². The summed E-state index contributed by atoms with van der Waals surface area (Å²) in [6, 6.07) is 6.83. The molecule has 2 saturated carbocycles. The zero-order chi connectivity index (χ0) is 16.7. The van der Waals surface area contributed by atoms with Gasteiger partial charge in [0, 0.05) is 11.6 Å². The lowest BCUT2D eigenvalue weighted by molar-refractivity contribution is -0.145. The molecular weight excluding hydrogens is 305 g/mol. The molecule has 0 unspecified atom stereocenters. The number of pyridine rings is 1. The van der Waals surface area contributed by atoms with Gasteiger partial charge < -0.3 is 4.74 Å². The fraction of sp³-hybridized carbons (Fsp3) is 0.500. The molecular formula is C20H22FNO2. The number of carbonyl (C=O) groups is 1. The van der Waals surface area contributed by atoms with Crippen LogP contribution >= 0.6 is 0 Å². The van der Waals surface area contributed by atoms with Gasteiger partial charge in [0.25, 0.3) is 0 Å². The molecule has 1 aromatic heterocycles. The second-order valence-electron chi connectivity index (χ2n) is 7.21. The van der Waals surface area contributed by atoms with Crippen molar-refractivity contribution in [2.75, 3.05) is 6.61 Å². The molecule has 1 heterocycles. The highest BCUT2D eigenvalue weighted by molar-refractivity contribution is 5.82. The van der Waals surface area contributed by atoms with Crippen molar-refractivity contribution in [1.29, 1.82) is 0 Å². The zero-order valence-electron chi connectivity index (χ0n) is 13.9. The number of hydrogen-bond acceptors (Lipinski definition) is 3. The fourth-order valence-electron chi connectivity index (χ4n) is 4.48. The van der Waals surface area contributed by atoms with Crippen molar-refractivity contribution >= 4 is 16.9 Å². The molecule has 0 N–H and O–H groups in total. The monoisotopic (exact) mass is 327 g/mol. The molecule has 0 radical (unpaired) electrons. The third kappa shape index (κ3) is 2.58. The Hall–Kier alpha value is -1.97. The van der Waals surface area contributed by atoms with Crippen LogP contribution in [0.15, 0.2) is 30.5 Å². The predicted molar refractivity (Wildman–Crippen MR) is 90.1 cm³/mol.